The monoisotopic (exact) mass is 459 g/mol. The molecule has 0 unspecified atom stereocenters. The normalized spacial score (nSPS) is 11.3. The topological polar surface area (TPSA) is 105 Å². The van der Waals surface area contributed by atoms with Crippen molar-refractivity contribution < 1.29 is 27.0 Å². The molecule has 2 rings (SSSR count). The summed E-state index contributed by atoms with van der Waals surface area (Å²) in [7, 11) is -3.82. The molecule has 0 aliphatic carbocycles. The summed E-state index contributed by atoms with van der Waals surface area (Å²) in [4.78, 5) is 10.5. The van der Waals surface area contributed by atoms with Crippen molar-refractivity contribution in [3.05, 3.63) is 62.6 Å². The van der Waals surface area contributed by atoms with Crippen molar-refractivity contribution in [3.8, 4) is 5.75 Å². The highest BCUT2D eigenvalue weighted by Crippen LogP contribution is 2.29. The van der Waals surface area contributed by atoms with Gasteiger partial charge in [-0.15, -0.1) is 0 Å². The molecule has 0 aliphatic heterocycles. The molecular formula is C17H18BrNO7S. The fourth-order valence-corrected chi connectivity index (χ4v) is 3.29. The van der Waals surface area contributed by atoms with Crippen LogP contribution in [0.15, 0.2) is 51.8 Å². The molecule has 10 heteroatoms. The van der Waals surface area contributed by atoms with E-state index in [9.17, 15) is 18.5 Å². The van der Waals surface area contributed by atoms with Gasteiger partial charge in [0.25, 0.3) is 10.1 Å². The van der Waals surface area contributed by atoms with Gasteiger partial charge < -0.3 is 9.47 Å². The van der Waals surface area contributed by atoms with Gasteiger partial charge in [-0.2, -0.15) is 8.42 Å². The maximum atomic E-state index is 12.0. The lowest BCUT2D eigenvalue weighted by atomic mass is 10.2. The van der Waals surface area contributed by atoms with E-state index in [0.29, 0.717) is 4.47 Å². The van der Waals surface area contributed by atoms with Gasteiger partial charge in [0.2, 0.25) is 0 Å². The second-order valence-corrected chi connectivity index (χ2v) is 7.95. The van der Waals surface area contributed by atoms with E-state index in [1.807, 2.05) is 6.92 Å². The average Bonchev–Trinajstić information content (AvgIpc) is 2.62. The smallest absolute Gasteiger partial charge is 0.312 e. The molecule has 27 heavy (non-hydrogen) atoms. The van der Waals surface area contributed by atoms with Crippen LogP contribution in [0.5, 0.6) is 5.75 Å². The van der Waals surface area contributed by atoms with Crippen LogP contribution in [0.25, 0.3) is 0 Å². The number of hydrogen-bond donors (Lipinski definition) is 0. The number of ether oxygens (including phenoxy) is 2. The molecule has 0 heterocycles. The van der Waals surface area contributed by atoms with Gasteiger partial charge in [-0.05, 0) is 31.2 Å². The van der Waals surface area contributed by atoms with Crippen LogP contribution in [0, 0.1) is 17.0 Å². The van der Waals surface area contributed by atoms with E-state index in [1.165, 1.54) is 24.3 Å². The predicted molar refractivity (Wildman–Crippen MR) is 101 cm³/mol. The van der Waals surface area contributed by atoms with Crippen LogP contribution < -0.4 is 4.74 Å². The van der Waals surface area contributed by atoms with Gasteiger partial charge >= 0.3 is 5.69 Å². The summed E-state index contributed by atoms with van der Waals surface area (Å²) in [5.74, 6) is 0.130. The van der Waals surface area contributed by atoms with E-state index in [4.69, 9.17) is 13.7 Å². The second-order valence-electron chi connectivity index (χ2n) is 5.42. The van der Waals surface area contributed by atoms with Gasteiger partial charge in [0.05, 0.1) is 29.6 Å². The summed E-state index contributed by atoms with van der Waals surface area (Å²) in [6.07, 6.45) is 0. The van der Waals surface area contributed by atoms with Crippen LogP contribution >= 0.6 is 15.9 Å². The van der Waals surface area contributed by atoms with Crippen LogP contribution in [0.4, 0.5) is 5.69 Å². The van der Waals surface area contributed by atoms with Crippen LogP contribution in [0.3, 0.4) is 0 Å². The Morgan fingerprint density at radius 3 is 2.37 bits per heavy atom. The lowest BCUT2D eigenvalue weighted by Crippen LogP contribution is -2.14. The number of benzene rings is 2. The molecule has 0 amide bonds. The first-order valence-corrected chi connectivity index (χ1v) is 10.1. The number of nitro benzene ring substituents is 1. The maximum Gasteiger partial charge on any atom is 0.312 e. The molecule has 0 saturated carbocycles. The second kappa shape index (κ2) is 9.79. The lowest BCUT2D eigenvalue weighted by molar-refractivity contribution is -0.386. The zero-order valence-electron chi connectivity index (χ0n) is 14.5. The Bertz CT molecular complexity index is 885. The molecule has 0 saturated heterocycles. The largest absolute Gasteiger partial charge is 0.484 e. The van der Waals surface area contributed by atoms with Crippen LogP contribution in [0.2, 0.25) is 0 Å². The maximum absolute atomic E-state index is 12.0. The quantitative estimate of drug-likeness (QED) is 0.231. The summed E-state index contributed by atoms with van der Waals surface area (Å²) in [6.45, 7) is 1.95. The number of hydrogen-bond acceptors (Lipinski definition) is 7. The Morgan fingerprint density at radius 1 is 1.04 bits per heavy atom. The third kappa shape index (κ3) is 6.58. The molecule has 0 radical (unpaired) electrons. The molecule has 8 nitrogen and oxygen atoms in total. The number of rotatable bonds is 10. The number of nitro groups is 1. The minimum Gasteiger partial charge on any atom is -0.484 e. The number of nitrogens with zero attached hydrogens (tertiary/aromatic N) is 1. The fraction of sp³-hybridized carbons (Fsp3) is 0.294. The van der Waals surface area contributed by atoms with Crippen molar-refractivity contribution in [2.75, 3.05) is 26.4 Å². The Hall–Kier alpha value is -2.01. The molecule has 0 fully saturated rings. The molecule has 0 aliphatic rings. The van der Waals surface area contributed by atoms with E-state index in [2.05, 4.69) is 15.9 Å². The molecule has 146 valence electrons. The van der Waals surface area contributed by atoms with E-state index >= 15 is 0 Å². The third-order valence-corrected chi connectivity index (χ3v) is 5.20. The molecule has 0 spiro atoms. The SMILES string of the molecule is Cc1ccc(S(=O)(=O)OCCOCCOc2ccc(Br)cc2[N+](=O)[O-])cc1. The standard InChI is InChI=1S/C17H18BrNO7S/c1-13-2-5-15(6-3-13)27(22,23)26-11-9-24-8-10-25-17-7-4-14(18)12-16(17)19(20)21/h2-7,12H,8-11H2,1H3. The van der Waals surface area contributed by atoms with Crippen molar-refractivity contribution in [2.45, 2.75) is 11.8 Å². The van der Waals surface area contributed by atoms with Gasteiger partial charge in [0.15, 0.2) is 5.75 Å². The number of halogens is 1. The molecule has 2 aromatic carbocycles. The zero-order valence-corrected chi connectivity index (χ0v) is 16.9. The van der Waals surface area contributed by atoms with E-state index in [1.54, 1.807) is 18.2 Å². The van der Waals surface area contributed by atoms with E-state index < -0.39 is 15.0 Å². The van der Waals surface area contributed by atoms with Gasteiger partial charge in [-0.1, -0.05) is 33.6 Å². The Labute approximate surface area is 165 Å². The van der Waals surface area contributed by atoms with Crippen molar-refractivity contribution in [1.82, 2.24) is 0 Å². The molecule has 0 N–H and O–H groups in total. The first-order chi connectivity index (χ1) is 12.8. The van der Waals surface area contributed by atoms with Gasteiger partial charge in [0.1, 0.15) is 6.61 Å². The summed E-state index contributed by atoms with van der Waals surface area (Å²) >= 11 is 3.16. The van der Waals surface area contributed by atoms with Gasteiger partial charge in [0, 0.05) is 10.5 Å². The fourth-order valence-electron chi connectivity index (χ4n) is 2.04. The summed E-state index contributed by atoms with van der Waals surface area (Å²) in [5.41, 5.74) is 0.792. The van der Waals surface area contributed by atoms with Crippen LogP contribution in [0.1, 0.15) is 5.56 Å². The van der Waals surface area contributed by atoms with E-state index in [0.717, 1.165) is 5.56 Å². The molecule has 2 aromatic rings. The molecular weight excluding hydrogens is 442 g/mol. The third-order valence-electron chi connectivity index (χ3n) is 3.38. The molecule has 0 atom stereocenters. The predicted octanol–water partition coefficient (Wildman–Crippen LogP) is 3.47. The molecule has 0 bridgehead atoms. The minimum atomic E-state index is -3.82. The van der Waals surface area contributed by atoms with Crippen LogP contribution in [-0.2, 0) is 19.0 Å². The van der Waals surface area contributed by atoms with Crippen molar-refractivity contribution >= 4 is 31.7 Å². The molecule has 0 aromatic heterocycles. The Morgan fingerprint density at radius 2 is 1.70 bits per heavy atom. The average molecular weight is 460 g/mol. The van der Waals surface area contributed by atoms with Crippen molar-refractivity contribution in [1.29, 1.82) is 0 Å². The number of aryl methyl sites for hydroxylation is 1. The summed E-state index contributed by atoms with van der Waals surface area (Å²) < 4.78 is 40.0. The van der Waals surface area contributed by atoms with E-state index in [-0.39, 0.29) is 42.8 Å². The Balaban J connectivity index is 1.71. The highest BCUT2D eigenvalue weighted by atomic mass is 79.9. The van der Waals surface area contributed by atoms with Crippen molar-refractivity contribution in [2.24, 2.45) is 0 Å². The lowest BCUT2D eigenvalue weighted by Gasteiger charge is -2.09. The zero-order chi connectivity index (χ0) is 19.9. The highest BCUT2D eigenvalue weighted by molar-refractivity contribution is 9.10. The minimum absolute atomic E-state index is 0.0386. The van der Waals surface area contributed by atoms with Gasteiger partial charge in [-0.3, -0.25) is 14.3 Å². The first-order valence-electron chi connectivity index (χ1n) is 7.90. The Kier molecular flexibility index (Phi) is 7.72. The van der Waals surface area contributed by atoms with Crippen LogP contribution in [-0.4, -0.2) is 39.8 Å². The summed E-state index contributed by atoms with van der Waals surface area (Å²) in [5, 5.41) is 11.0. The first kappa shape index (κ1) is 21.3. The van der Waals surface area contributed by atoms with Crippen molar-refractivity contribution in [3.63, 3.8) is 0 Å². The summed E-state index contributed by atoms with van der Waals surface area (Å²) in [6, 6.07) is 10.8. The van der Waals surface area contributed by atoms with Gasteiger partial charge in [-0.25, -0.2) is 0 Å². The highest BCUT2D eigenvalue weighted by Gasteiger charge is 2.16.